The molecular formula is C22H28N4O2. The Morgan fingerprint density at radius 3 is 2.54 bits per heavy atom. The molecule has 28 heavy (non-hydrogen) atoms. The van der Waals surface area contributed by atoms with Gasteiger partial charge in [0.2, 0.25) is 5.91 Å². The quantitative estimate of drug-likeness (QED) is 0.738. The minimum Gasteiger partial charge on any atom is -0.392 e. The lowest BCUT2D eigenvalue weighted by Gasteiger charge is -2.35. The van der Waals surface area contributed by atoms with Gasteiger partial charge < -0.3 is 10.0 Å². The number of piperidine rings is 1. The van der Waals surface area contributed by atoms with Gasteiger partial charge in [0.15, 0.2) is 0 Å². The van der Waals surface area contributed by atoms with E-state index in [4.69, 9.17) is 0 Å². The van der Waals surface area contributed by atoms with Crippen LogP contribution < -0.4 is 10.9 Å². The van der Waals surface area contributed by atoms with Crippen molar-refractivity contribution in [1.82, 2.24) is 20.7 Å². The average molecular weight is 380 g/mol. The zero-order valence-corrected chi connectivity index (χ0v) is 16.0. The molecule has 0 saturated carbocycles. The van der Waals surface area contributed by atoms with E-state index in [-0.39, 0.29) is 30.0 Å². The predicted molar refractivity (Wildman–Crippen MR) is 107 cm³/mol. The molecule has 6 heteroatoms. The van der Waals surface area contributed by atoms with Crippen LogP contribution in [0.15, 0.2) is 54.9 Å². The molecule has 6 nitrogen and oxygen atoms in total. The van der Waals surface area contributed by atoms with Crippen LogP contribution in [0.5, 0.6) is 0 Å². The van der Waals surface area contributed by atoms with Crippen molar-refractivity contribution >= 4 is 5.91 Å². The van der Waals surface area contributed by atoms with E-state index in [2.05, 4.69) is 28.0 Å². The SMILES string of the molecule is O=C(C1CC(c2ccncc2)NN1)N1CCC(C(O)Cc2ccccc2)CC1. The van der Waals surface area contributed by atoms with E-state index in [9.17, 15) is 9.90 Å². The molecule has 0 radical (unpaired) electrons. The lowest BCUT2D eigenvalue weighted by Crippen LogP contribution is -2.49. The highest BCUT2D eigenvalue weighted by molar-refractivity contribution is 5.82. The third kappa shape index (κ3) is 4.41. The Bertz CT molecular complexity index is 763. The maximum absolute atomic E-state index is 12.9. The lowest BCUT2D eigenvalue weighted by molar-refractivity contribution is -0.135. The molecule has 2 aliphatic heterocycles. The summed E-state index contributed by atoms with van der Waals surface area (Å²) in [6.45, 7) is 1.43. The Morgan fingerprint density at radius 1 is 1.11 bits per heavy atom. The van der Waals surface area contributed by atoms with Crippen molar-refractivity contribution in [2.24, 2.45) is 5.92 Å². The maximum atomic E-state index is 12.9. The van der Waals surface area contributed by atoms with Gasteiger partial charge in [-0.05, 0) is 54.9 Å². The van der Waals surface area contributed by atoms with Crippen molar-refractivity contribution in [3.05, 3.63) is 66.0 Å². The smallest absolute Gasteiger partial charge is 0.241 e. The number of carbonyl (C=O) groups is 1. The van der Waals surface area contributed by atoms with Crippen LogP contribution in [0.25, 0.3) is 0 Å². The van der Waals surface area contributed by atoms with E-state index >= 15 is 0 Å². The summed E-state index contributed by atoms with van der Waals surface area (Å²) < 4.78 is 0. The fourth-order valence-electron chi connectivity index (χ4n) is 4.28. The molecule has 148 valence electrons. The van der Waals surface area contributed by atoms with Crippen LogP contribution in [0.3, 0.4) is 0 Å². The standard InChI is InChI=1S/C22H28N4O2/c27-21(14-16-4-2-1-3-5-16)18-8-12-26(13-9-18)22(28)20-15-19(24-25-20)17-6-10-23-11-7-17/h1-7,10-11,18-21,24-25,27H,8-9,12-15H2. The minimum atomic E-state index is -0.345. The molecule has 1 amide bonds. The van der Waals surface area contributed by atoms with E-state index < -0.39 is 0 Å². The fraction of sp³-hybridized carbons (Fsp3) is 0.455. The molecule has 0 aliphatic carbocycles. The molecule has 0 bridgehead atoms. The normalized spacial score (nSPS) is 24.2. The van der Waals surface area contributed by atoms with Crippen LogP contribution >= 0.6 is 0 Å². The van der Waals surface area contributed by atoms with Gasteiger partial charge in [0.05, 0.1) is 6.10 Å². The number of aliphatic hydroxyl groups excluding tert-OH is 1. The first-order valence-corrected chi connectivity index (χ1v) is 10.1. The Morgan fingerprint density at radius 2 is 1.82 bits per heavy atom. The second-order valence-corrected chi connectivity index (χ2v) is 7.83. The average Bonchev–Trinajstić information content (AvgIpc) is 3.25. The van der Waals surface area contributed by atoms with Gasteiger partial charge in [-0.1, -0.05) is 30.3 Å². The Kier molecular flexibility index (Phi) is 6.00. The van der Waals surface area contributed by atoms with Crippen molar-refractivity contribution < 1.29 is 9.90 Å². The summed E-state index contributed by atoms with van der Waals surface area (Å²) in [5.41, 5.74) is 8.69. The van der Waals surface area contributed by atoms with Crippen molar-refractivity contribution in [2.75, 3.05) is 13.1 Å². The summed E-state index contributed by atoms with van der Waals surface area (Å²) in [6, 6.07) is 14.0. The number of aromatic nitrogens is 1. The van der Waals surface area contributed by atoms with Crippen LogP contribution in [0.1, 0.15) is 36.4 Å². The molecule has 2 aromatic rings. The second kappa shape index (κ2) is 8.82. The predicted octanol–water partition coefficient (Wildman–Crippen LogP) is 1.83. The topological polar surface area (TPSA) is 77.5 Å². The molecule has 0 spiro atoms. The third-order valence-corrected chi connectivity index (χ3v) is 5.99. The van der Waals surface area contributed by atoms with Gasteiger partial charge in [-0.15, -0.1) is 0 Å². The van der Waals surface area contributed by atoms with Gasteiger partial charge in [-0.3, -0.25) is 9.78 Å². The van der Waals surface area contributed by atoms with E-state index in [1.807, 2.05) is 35.2 Å². The lowest BCUT2D eigenvalue weighted by atomic mass is 9.87. The van der Waals surface area contributed by atoms with E-state index in [1.54, 1.807) is 12.4 Å². The number of hydrogen-bond donors (Lipinski definition) is 3. The monoisotopic (exact) mass is 380 g/mol. The van der Waals surface area contributed by atoms with Gasteiger partial charge in [0.1, 0.15) is 6.04 Å². The second-order valence-electron chi connectivity index (χ2n) is 7.83. The number of pyridine rings is 1. The van der Waals surface area contributed by atoms with Crippen LogP contribution in [-0.4, -0.2) is 46.1 Å². The molecule has 1 aromatic heterocycles. The number of benzene rings is 1. The van der Waals surface area contributed by atoms with E-state index in [1.165, 1.54) is 0 Å². The summed E-state index contributed by atoms with van der Waals surface area (Å²) in [5.74, 6) is 0.406. The molecule has 2 fully saturated rings. The van der Waals surface area contributed by atoms with Crippen molar-refractivity contribution in [1.29, 1.82) is 0 Å². The molecule has 3 atom stereocenters. The highest BCUT2D eigenvalue weighted by Crippen LogP contribution is 2.26. The Hall–Kier alpha value is -2.28. The fourth-order valence-corrected chi connectivity index (χ4v) is 4.28. The van der Waals surface area contributed by atoms with Crippen LogP contribution in [0.4, 0.5) is 0 Å². The highest BCUT2D eigenvalue weighted by Gasteiger charge is 2.35. The number of rotatable bonds is 5. The molecule has 4 rings (SSSR count). The van der Waals surface area contributed by atoms with E-state index in [0.717, 1.165) is 30.4 Å². The molecule has 2 aliphatic rings. The minimum absolute atomic E-state index is 0.127. The summed E-state index contributed by atoms with van der Waals surface area (Å²) in [4.78, 5) is 18.9. The third-order valence-electron chi connectivity index (χ3n) is 5.99. The number of amides is 1. The van der Waals surface area contributed by atoms with Crippen LogP contribution in [0, 0.1) is 5.92 Å². The van der Waals surface area contributed by atoms with Crippen molar-refractivity contribution in [3.63, 3.8) is 0 Å². The molecule has 3 heterocycles. The number of hydrazine groups is 1. The van der Waals surface area contributed by atoms with Gasteiger partial charge in [0.25, 0.3) is 0 Å². The largest absolute Gasteiger partial charge is 0.392 e. The van der Waals surface area contributed by atoms with Gasteiger partial charge >= 0.3 is 0 Å². The summed E-state index contributed by atoms with van der Waals surface area (Å²) in [6.07, 6.45) is 6.33. The first-order valence-electron chi connectivity index (χ1n) is 10.1. The zero-order chi connectivity index (χ0) is 19.3. The summed E-state index contributed by atoms with van der Waals surface area (Å²) in [7, 11) is 0. The van der Waals surface area contributed by atoms with Gasteiger partial charge in [0, 0.05) is 31.5 Å². The highest BCUT2D eigenvalue weighted by atomic mass is 16.3. The van der Waals surface area contributed by atoms with Crippen LogP contribution in [0.2, 0.25) is 0 Å². The number of carbonyl (C=O) groups excluding carboxylic acids is 1. The van der Waals surface area contributed by atoms with Crippen molar-refractivity contribution in [2.45, 2.75) is 43.9 Å². The number of aliphatic hydroxyl groups is 1. The maximum Gasteiger partial charge on any atom is 0.241 e. The number of nitrogens with zero attached hydrogens (tertiary/aromatic N) is 2. The summed E-state index contributed by atoms with van der Waals surface area (Å²) in [5, 5.41) is 10.6. The first-order chi connectivity index (χ1) is 13.7. The van der Waals surface area contributed by atoms with Gasteiger partial charge in [-0.25, -0.2) is 10.9 Å². The Labute approximate surface area is 165 Å². The molecule has 3 N–H and O–H groups in total. The van der Waals surface area contributed by atoms with Crippen LogP contribution in [-0.2, 0) is 11.2 Å². The summed E-state index contributed by atoms with van der Waals surface area (Å²) >= 11 is 0. The molecule has 3 unspecified atom stereocenters. The Balaban J connectivity index is 1.26. The van der Waals surface area contributed by atoms with E-state index in [0.29, 0.717) is 19.5 Å². The molecule has 1 aromatic carbocycles. The number of nitrogens with one attached hydrogen (secondary N) is 2. The zero-order valence-electron chi connectivity index (χ0n) is 16.0. The van der Waals surface area contributed by atoms with Gasteiger partial charge in [-0.2, -0.15) is 0 Å². The molecular weight excluding hydrogens is 352 g/mol. The molecule has 2 saturated heterocycles. The first kappa shape index (κ1) is 19.1. The number of hydrogen-bond acceptors (Lipinski definition) is 5. The van der Waals surface area contributed by atoms with Crippen molar-refractivity contribution in [3.8, 4) is 0 Å². The number of likely N-dealkylation sites (tertiary alicyclic amines) is 1.